The molecule has 0 aliphatic carbocycles. The maximum Gasteiger partial charge on any atom is 0.0549 e. The van der Waals surface area contributed by atoms with E-state index in [1.807, 2.05) is 6.92 Å². The summed E-state index contributed by atoms with van der Waals surface area (Å²) in [4.78, 5) is 0. The molecule has 4 N–H and O–H groups in total. The van der Waals surface area contributed by atoms with Crippen molar-refractivity contribution in [2.45, 2.75) is 38.8 Å². The second kappa shape index (κ2) is 3.88. The molecule has 0 saturated heterocycles. The molecule has 0 radical (unpaired) electrons. The first-order valence-corrected chi connectivity index (χ1v) is 3.39. The first-order chi connectivity index (χ1) is 4.58. The first-order valence-electron chi connectivity index (χ1n) is 3.39. The van der Waals surface area contributed by atoms with Crippen LogP contribution >= 0.6 is 0 Å². The highest BCUT2D eigenvalue weighted by Crippen LogP contribution is 2.10. The zero-order valence-electron chi connectivity index (χ0n) is 6.68. The van der Waals surface area contributed by atoms with Crippen LogP contribution < -0.4 is 11.0 Å². The Morgan fingerprint density at radius 2 is 1.90 bits per heavy atom. The molecule has 0 amide bonds. The third-order valence-corrected chi connectivity index (χ3v) is 1.72. The van der Waals surface area contributed by atoms with Gasteiger partial charge in [-0.05, 0) is 20.3 Å². The van der Waals surface area contributed by atoms with Crippen molar-refractivity contribution < 1.29 is 10.4 Å². The Kier molecular flexibility index (Phi) is 3.81. The van der Waals surface area contributed by atoms with E-state index in [0.717, 1.165) is 6.42 Å². The summed E-state index contributed by atoms with van der Waals surface area (Å²) in [5.41, 5.74) is 3.74. The second-order valence-electron chi connectivity index (χ2n) is 2.92. The van der Waals surface area contributed by atoms with Crippen molar-refractivity contribution in [1.82, 2.24) is 11.0 Å². The molecule has 0 bridgehead atoms. The van der Waals surface area contributed by atoms with Gasteiger partial charge in [0.25, 0.3) is 0 Å². The molecule has 62 valence electrons. The number of rotatable bonds is 4. The Bertz CT molecular complexity index is 91.7. The molecule has 4 heteroatoms. The summed E-state index contributed by atoms with van der Waals surface area (Å²) < 4.78 is 0. The van der Waals surface area contributed by atoms with Crippen LogP contribution in [0.5, 0.6) is 0 Å². The van der Waals surface area contributed by atoms with Gasteiger partial charge in [-0.15, -0.1) is 0 Å². The summed E-state index contributed by atoms with van der Waals surface area (Å²) in [6.45, 7) is 5.52. The lowest BCUT2D eigenvalue weighted by Crippen LogP contribution is -2.53. The lowest BCUT2D eigenvalue weighted by Gasteiger charge is -2.30. The van der Waals surface area contributed by atoms with Gasteiger partial charge < -0.3 is 10.4 Å². The summed E-state index contributed by atoms with van der Waals surface area (Å²) in [5, 5.41) is 17.2. The monoisotopic (exact) mass is 148 g/mol. The fraction of sp³-hybridized carbons (Fsp3) is 1.00. The van der Waals surface area contributed by atoms with E-state index >= 15 is 0 Å². The molecular formula is C6H16N2O2. The molecule has 4 nitrogen and oxygen atoms in total. The van der Waals surface area contributed by atoms with Crippen molar-refractivity contribution in [3.63, 3.8) is 0 Å². The van der Waals surface area contributed by atoms with Gasteiger partial charge in [0.2, 0.25) is 0 Å². The standard InChI is InChI=1S/C6H16N2O2/c1-4-5(7-9)6(2,3)8-10/h5,7-10H,4H2,1-3H3. The predicted molar refractivity (Wildman–Crippen MR) is 38.0 cm³/mol. The van der Waals surface area contributed by atoms with E-state index in [4.69, 9.17) is 10.4 Å². The molecule has 0 aromatic rings. The molecule has 0 aromatic carbocycles. The predicted octanol–water partition coefficient (Wildman–Crippen LogP) is 0.501. The smallest absolute Gasteiger partial charge is 0.0549 e. The van der Waals surface area contributed by atoms with Crippen molar-refractivity contribution in [1.29, 1.82) is 0 Å². The van der Waals surface area contributed by atoms with Gasteiger partial charge in [0.05, 0.1) is 11.6 Å². The molecule has 0 fully saturated rings. The van der Waals surface area contributed by atoms with Crippen LogP contribution in [-0.4, -0.2) is 22.0 Å². The van der Waals surface area contributed by atoms with E-state index in [1.165, 1.54) is 0 Å². The number of hydrogen-bond donors (Lipinski definition) is 4. The van der Waals surface area contributed by atoms with Gasteiger partial charge in [-0.2, -0.15) is 5.48 Å². The molecule has 10 heavy (non-hydrogen) atoms. The zero-order valence-corrected chi connectivity index (χ0v) is 6.68. The van der Waals surface area contributed by atoms with Crippen molar-refractivity contribution in [2.75, 3.05) is 0 Å². The average Bonchev–Trinajstić information content (AvgIpc) is 1.90. The Labute approximate surface area is 61.2 Å². The quantitative estimate of drug-likeness (QED) is 0.438. The Hall–Kier alpha value is -0.160. The maximum absolute atomic E-state index is 8.63. The SMILES string of the molecule is CCC(NO)C(C)(C)NO. The van der Waals surface area contributed by atoms with Crippen LogP contribution in [0.25, 0.3) is 0 Å². The maximum atomic E-state index is 8.63. The van der Waals surface area contributed by atoms with Crippen molar-refractivity contribution >= 4 is 0 Å². The van der Waals surface area contributed by atoms with Gasteiger partial charge in [-0.25, -0.2) is 5.48 Å². The second-order valence-corrected chi connectivity index (χ2v) is 2.92. The van der Waals surface area contributed by atoms with Crippen LogP contribution in [0, 0.1) is 0 Å². The molecule has 1 unspecified atom stereocenters. The molecule has 0 saturated carbocycles. The number of nitrogens with one attached hydrogen (secondary N) is 2. The Morgan fingerprint density at radius 3 is 2.00 bits per heavy atom. The summed E-state index contributed by atoms with van der Waals surface area (Å²) in [6.07, 6.45) is 0.747. The van der Waals surface area contributed by atoms with Crippen molar-refractivity contribution in [2.24, 2.45) is 0 Å². The van der Waals surface area contributed by atoms with Crippen LogP contribution in [0.15, 0.2) is 0 Å². The minimum absolute atomic E-state index is 0.141. The largest absolute Gasteiger partial charge is 0.316 e. The fourth-order valence-corrected chi connectivity index (χ4v) is 0.841. The van der Waals surface area contributed by atoms with E-state index in [0.29, 0.717) is 0 Å². The molecule has 0 aliphatic rings. The molecule has 1 atom stereocenters. The highest BCUT2D eigenvalue weighted by Gasteiger charge is 2.26. The molecule has 0 rings (SSSR count). The number of hydroxylamine groups is 2. The van der Waals surface area contributed by atoms with Crippen LogP contribution in [0.4, 0.5) is 0 Å². The van der Waals surface area contributed by atoms with Crippen molar-refractivity contribution in [3.05, 3.63) is 0 Å². The highest BCUT2D eigenvalue weighted by atomic mass is 16.5. The minimum atomic E-state index is -0.497. The highest BCUT2D eigenvalue weighted by molar-refractivity contribution is 4.85. The molecular weight excluding hydrogens is 132 g/mol. The van der Waals surface area contributed by atoms with E-state index in [-0.39, 0.29) is 6.04 Å². The van der Waals surface area contributed by atoms with Crippen LogP contribution in [0.3, 0.4) is 0 Å². The Morgan fingerprint density at radius 1 is 1.40 bits per heavy atom. The van der Waals surface area contributed by atoms with Crippen LogP contribution in [0.2, 0.25) is 0 Å². The van der Waals surface area contributed by atoms with E-state index in [2.05, 4.69) is 11.0 Å². The van der Waals surface area contributed by atoms with Crippen molar-refractivity contribution in [3.8, 4) is 0 Å². The lowest BCUT2D eigenvalue weighted by molar-refractivity contribution is 0.0101. The number of hydrogen-bond acceptors (Lipinski definition) is 4. The average molecular weight is 148 g/mol. The Balaban J connectivity index is 3.97. The molecule has 0 aliphatic heterocycles. The summed E-state index contributed by atoms with van der Waals surface area (Å²) in [7, 11) is 0. The van der Waals surface area contributed by atoms with Gasteiger partial charge in [0, 0.05) is 0 Å². The minimum Gasteiger partial charge on any atom is -0.316 e. The van der Waals surface area contributed by atoms with Crippen LogP contribution in [-0.2, 0) is 0 Å². The molecule has 0 spiro atoms. The molecule has 0 aromatic heterocycles. The van der Waals surface area contributed by atoms with Gasteiger partial charge in [-0.1, -0.05) is 6.92 Å². The van der Waals surface area contributed by atoms with E-state index in [9.17, 15) is 0 Å². The first kappa shape index (κ1) is 9.84. The third kappa shape index (κ3) is 2.22. The summed E-state index contributed by atoms with van der Waals surface area (Å²) >= 11 is 0. The van der Waals surface area contributed by atoms with Gasteiger partial charge >= 0.3 is 0 Å². The summed E-state index contributed by atoms with van der Waals surface area (Å²) in [6, 6.07) is -0.141. The van der Waals surface area contributed by atoms with E-state index < -0.39 is 5.54 Å². The van der Waals surface area contributed by atoms with E-state index in [1.54, 1.807) is 13.8 Å². The topological polar surface area (TPSA) is 64.5 Å². The van der Waals surface area contributed by atoms with Gasteiger partial charge in [-0.3, -0.25) is 0 Å². The lowest BCUT2D eigenvalue weighted by atomic mass is 9.94. The normalized spacial score (nSPS) is 15.3. The third-order valence-electron chi connectivity index (χ3n) is 1.72. The summed E-state index contributed by atoms with van der Waals surface area (Å²) in [5.74, 6) is 0. The fourth-order valence-electron chi connectivity index (χ4n) is 0.841. The molecule has 0 heterocycles. The van der Waals surface area contributed by atoms with Gasteiger partial charge in [0.1, 0.15) is 0 Å². The van der Waals surface area contributed by atoms with Crippen LogP contribution in [0.1, 0.15) is 27.2 Å². The zero-order chi connectivity index (χ0) is 8.20. The van der Waals surface area contributed by atoms with Gasteiger partial charge in [0.15, 0.2) is 0 Å².